The molecule has 0 unspecified atom stereocenters. The van der Waals surface area contributed by atoms with E-state index < -0.39 is 0 Å². The number of hydrogen-bond acceptors (Lipinski definition) is 6. The molecule has 0 atom stereocenters. The zero-order valence-corrected chi connectivity index (χ0v) is 17.0. The first-order chi connectivity index (χ1) is 15.2. The van der Waals surface area contributed by atoms with E-state index in [4.69, 9.17) is 9.97 Å². The SMILES string of the molecule is Cn1cnc2c(Nc3cnn(Cc4ccccc4)c3)nc(-c3ccccc3CO)nc21. The normalized spacial score (nSPS) is 11.2. The Labute approximate surface area is 178 Å². The van der Waals surface area contributed by atoms with Crippen molar-refractivity contribution in [3.63, 3.8) is 0 Å². The van der Waals surface area contributed by atoms with Gasteiger partial charge in [-0.05, 0) is 11.1 Å². The number of fused-ring (bicyclic) bond motifs is 1. The van der Waals surface area contributed by atoms with Crippen molar-refractivity contribution < 1.29 is 5.11 Å². The highest BCUT2D eigenvalue weighted by atomic mass is 16.3. The lowest BCUT2D eigenvalue weighted by Gasteiger charge is -2.10. The summed E-state index contributed by atoms with van der Waals surface area (Å²) in [6, 6.07) is 17.7. The van der Waals surface area contributed by atoms with Crippen LogP contribution in [-0.2, 0) is 20.2 Å². The molecule has 0 aliphatic rings. The first-order valence-corrected chi connectivity index (χ1v) is 9.93. The van der Waals surface area contributed by atoms with Gasteiger partial charge in [0.2, 0.25) is 0 Å². The van der Waals surface area contributed by atoms with Crippen LogP contribution in [0.2, 0.25) is 0 Å². The Hall–Kier alpha value is -4.04. The lowest BCUT2D eigenvalue weighted by molar-refractivity contribution is 0.282. The fourth-order valence-electron chi connectivity index (χ4n) is 3.51. The molecule has 0 aliphatic heterocycles. The summed E-state index contributed by atoms with van der Waals surface area (Å²) in [5, 5.41) is 17.5. The van der Waals surface area contributed by atoms with Gasteiger partial charge in [0.05, 0.1) is 31.4 Å². The standard InChI is InChI=1S/C23H21N7O/c1-29-15-24-20-22(26-18-11-25-30(13-18)12-16-7-3-2-4-8-16)27-21(28-23(20)29)19-10-6-5-9-17(19)14-31/h2-11,13,15,31H,12,14H2,1H3,(H,26,27,28). The topological polar surface area (TPSA) is 93.7 Å². The Kier molecular flexibility index (Phi) is 4.89. The van der Waals surface area contributed by atoms with E-state index in [1.54, 1.807) is 12.5 Å². The molecule has 3 aromatic heterocycles. The van der Waals surface area contributed by atoms with Gasteiger partial charge in [0, 0.05) is 18.8 Å². The Bertz CT molecular complexity index is 1340. The van der Waals surface area contributed by atoms with Gasteiger partial charge in [0.1, 0.15) is 0 Å². The number of imidazole rings is 1. The zero-order valence-electron chi connectivity index (χ0n) is 17.0. The number of nitrogens with one attached hydrogen (secondary N) is 1. The Morgan fingerprint density at radius 3 is 2.65 bits per heavy atom. The molecule has 0 spiro atoms. The van der Waals surface area contributed by atoms with Gasteiger partial charge in [-0.25, -0.2) is 15.0 Å². The second kappa shape index (κ2) is 8.00. The van der Waals surface area contributed by atoms with Crippen LogP contribution in [-0.4, -0.2) is 34.4 Å². The van der Waals surface area contributed by atoms with Crippen LogP contribution in [0.15, 0.2) is 73.3 Å². The van der Waals surface area contributed by atoms with Gasteiger partial charge in [-0.1, -0.05) is 54.6 Å². The van der Waals surface area contributed by atoms with Crippen molar-refractivity contribution in [3.8, 4) is 11.4 Å². The average Bonchev–Trinajstić information content (AvgIpc) is 3.41. The van der Waals surface area contributed by atoms with Gasteiger partial charge in [-0.2, -0.15) is 5.10 Å². The molecule has 5 aromatic rings. The highest BCUT2D eigenvalue weighted by Crippen LogP contribution is 2.28. The van der Waals surface area contributed by atoms with E-state index in [-0.39, 0.29) is 6.61 Å². The summed E-state index contributed by atoms with van der Waals surface area (Å²) in [6.45, 7) is 0.596. The lowest BCUT2D eigenvalue weighted by atomic mass is 10.1. The quantitative estimate of drug-likeness (QED) is 0.444. The molecule has 2 aromatic carbocycles. The summed E-state index contributed by atoms with van der Waals surface area (Å²) < 4.78 is 3.72. The van der Waals surface area contributed by atoms with E-state index >= 15 is 0 Å². The fraction of sp³-hybridized carbons (Fsp3) is 0.130. The molecule has 31 heavy (non-hydrogen) atoms. The summed E-state index contributed by atoms with van der Waals surface area (Å²) in [6.07, 6.45) is 5.41. The number of aromatic nitrogens is 6. The molecule has 154 valence electrons. The van der Waals surface area contributed by atoms with E-state index in [1.165, 1.54) is 5.56 Å². The average molecular weight is 411 g/mol. The van der Waals surface area contributed by atoms with Crippen molar-refractivity contribution in [1.29, 1.82) is 0 Å². The second-order valence-electron chi connectivity index (χ2n) is 7.28. The first-order valence-electron chi connectivity index (χ1n) is 9.93. The number of benzene rings is 2. The highest BCUT2D eigenvalue weighted by molar-refractivity contribution is 5.87. The van der Waals surface area contributed by atoms with Crippen LogP contribution in [0, 0.1) is 0 Å². The van der Waals surface area contributed by atoms with Crippen molar-refractivity contribution >= 4 is 22.7 Å². The van der Waals surface area contributed by atoms with E-state index in [9.17, 15) is 5.11 Å². The van der Waals surface area contributed by atoms with Crippen LogP contribution in [0.4, 0.5) is 11.5 Å². The van der Waals surface area contributed by atoms with Crippen LogP contribution in [0.5, 0.6) is 0 Å². The summed E-state index contributed by atoms with van der Waals surface area (Å²) in [4.78, 5) is 13.9. The van der Waals surface area contributed by atoms with Crippen molar-refractivity contribution in [2.45, 2.75) is 13.2 Å². The molecule has 0 amide bonds. The maximum Gasteiger partial charge on any atom is 0.165 e. The van der Waals surface area contributed by atoms with Crippen LogP contribution < -0.4 is 5.32 Å². The van der Waals surface area contributed by atoms with E-state index in [1.807, 2.05) is 65.0 Å². The third kappa shape index (κ3) is 3.76. The number of hydrogen-bond donors (Lipinski definition) is 2. The minimum atomic E-state index is -0.0853. The number of aliphatic hydroxyl groups excluding tert-OH is 1. The second-order valence-corrected chi connectivity index (χ2v) is 7.28. The lowest BCUT2D eigenvalue weighted by Crippen LogP contribution is -2.02. The van der Waals surface area contributed by atoms with Gasteiger partial charge in [0.15, 0.2) is 22.8 Å². The Morgan fingerprint density at radius 1 is 1.00 bits per heavy atom. The minimum absolute atomic E-state index is 0.0853. The first kappa shape index (κ1) is 19.0. The number of aliphatic hydroxyl groups is 1. The number of rotatable bonds is 6. The summed E-state index contributed by atoms with van der Waals surface area (Å²) in [7, 11) is 1.89. The summed E-state index contributed by atoms with van der Waals surface area (Å²) >= 11 is 0. The minimum Gasteiger partial charge on any atom is -0.392 e. The van der Waals surface area contributed by atoms with Crippen LogP contribution in [0.3, 0.4) is 0 Å². The largest absolute Gasteiger partial charge is 0.392 e. The molecule has 0 bridgehead atoms. The molecule has 0 fully saturated rings. The predicted octanol–water partition coefficient (Wildman–Crippen LogP) is 3.51. The monoisotopic (exact) mass is 411 g/mol. The van der Waals surface area contributed by atoms with Crippen molar-refractivity contribution in [3.05, 3.63) is 84.4 Å². The molecule has 8 heteroatoms. The van der Waals surface area contributed by atoms with Crippen LogP contribution in [0.1, 0.15) is 11.1 Å². The summed E-state index contributed by atoms with van der Waals surface area (Å²) in [5.41, 5.74) is 4.92. The van der Waals surface area contributed by atoms with Crippen LogP contribution >= 0.6 is 0 Å². The van der Waals surface area contributed by atoms with Gasteiger partial charge < -0.3 is 15.0 Å². The van der Waals surface area contributed by atoms with Gasteiger partial charge in [-0.15, -0.1) is 0 Å². The molecule has 8 nitrogen and oxygen atoms in total. The summed E-state index contributed by atoms with van der Waals surface area (Å²) in [5.74, 6) is 1.12. The van der Waals surface area contributed by atoms with Gasteiger partial charge >= 0.3 is 0 Å². The smallest absolute Gasteiger partial charge is 0.165 e. The Balaban J connectivity index is 1.51. The molecule has 3 heterocycles. The number of nitrogens with zero attached hydrogens (tertiary/aromatic N) is 6. The molecule has 0 radical (unpaired) electrons. The van der Waals surface area contributed by atoms with E-state index in [0.717, 1.165) is 16.8 Å². The van der Waals surface area contributed by atoms with Gasteiger partial charge in [0.25, 0.3) is 0 Å². The molecule has 2 N–H and O–H groups in total. The zero-order chi connectivity index (χ0) is 21.2. The van der Waals surface area contributed by atoms with E-state index in [0.29, 0.717) is 29.4 Å². The molecular weight excluding hydrogens is 390 g/mol. The maximum absolute atomic E-state index is 9.74. The van der Waals surface area contributed by atoms with Crippen molar-refractivity contribution in [1.82, 2.24) is 29.3 Å². The number of aryl methyl sites for hydroxylation is 1. The van der Waals surface area contributed by atoms with E-state index in [2.05, 4.69) is 27.5 Å². The third-order valence-corrected chi connectivity index (χ3v) is 5.07. The molecule has 5 rings (SSSR count). The highest BCUT2D eigenvalue weighted by Gasteiger charge is 2.16. The van der Waals surface area contributed by atoms with Crippen molar-refractivity contribution in [2.75, 3.05) is 5.32 Å². The molecule has 0 saturated heterocycles. The van der Waals surface area contributed by atoms with Crippen LogP contribution in [0.25, 0.3) is 22.6 Å². The fourth-order valence-corrected chi connectivity index (χ4v) is 3.51. The molecule has 0 saturated carbocycles. The van der Waals surface area contributed by atoms with Crippen molar-refractivity contribution in [2.24, 2.45) is 7.05 Å². The third-order valence-electron chi connectivity index (χ3n) is 5.07. The molecular formula is C23H21N7O. The Morgan fingerprint density at radius 2 is 1.81 bits per heavy atom. The maximum atomic E-state index is 9.74. The van der Waals surface area contributed by atoms with Gasteiger partial charge in [-0.3, -0.25) is 4.68 Å². The molecule has 0 aliphatic carbocycles. The predicted molar refractivity (Wildman–Crippen MR) is 119 cm³/mol. The number of anilines is 2.